The van der Waals surface area contributed by atoms with Crippen LogP contribution in [-0.2, 0) is 11.2 Å². The van der Waals surface area contributed by atoms with E-state index in [1.807, 2.05) is 40.3 Å². The molecule has 3 aromatic rings. The molecule has 27 heavy (non-hydrogen) atoms. The minimum absolute atomic E-state index is 0.115. The smallest absolute Gasteiger partial charge is 0.228 e. The lowest BCUT2D eigenvalue weighted by atomic mass is 10.2. The number of halogens is 1. The standard InChI is InChI=1S/C20H20FN3OS2/c1-14-22-20(17-7-4-12-26-17)18(27-14)13-19(25)24-10-8-23(9-11-24)16-6-3-2-5-15(16)21/h2-7,12H,8-11,13H2,1H3. The van der Waals surface area contributed by atoms with Crippen LogP contribution in [0, 0.1) is 12.7 Å². The molecular weight excluding hydrogens is 381 g/mol. The predicted molar refractivity (Wildman–Crippen MR) is 109 cm³/mol. The van der Waals surface area contributed by atoms with Crippen LogP contribution in [0.25, 0.3) is 10.6 Å². The third-order valence-electron chi connectivity index (χ3n) is 4.70. The highest BCUT2D eigenvalue weighted by atomic mass is 32.1. The van der Waals surface area contributed by atoms with Gasteiger partial charge in [-0.2, -0.15) is 0 Å². The van der Waals surface area contributed by atoms with Crippen molar-refractivity contribution in [3.63, 3.8) is 0 Å². The van der Waals surface area contributed by atoms with Gasteiger partial charge in [-0.1, -0.05) is 18.2 Å². The maximum absolute atomic E-state index is 14.0. The number of amides is 1. The van der Waals surface area contributed by atoms with Gasteiger partial charge in [-0.3, -0.25) is 4.79 Å². The van der Waals surface area contributed by atoms with Gasteiger partial charge in [0.05, 0.1) is 27.7 Å². The van der Waals surface area contributed by atoms with E-state index in [9.17, 15) is 9.18 Å². The second kappa shape index (κ2) is 7.78. The summed E-state index contributed by atoms with van der Waals surface area (Å²) in [6.07, 6.45) is 0.373. The van der Waals surface area contributed by atoms with Crippen LogP contribution in [0.5, 0.6) is 0 Å². The Balaban J connectivity index is 1.42. The minimum atomic E-state index is -0.210. The van der Waals surface area contributed by atoms with E-state index in [4.69, 9.17) is 0 Å². The van der Waals surface area contributed by atoms with Crippen molar-refractivity contribution in [3.05, 3.63) is 57.5 Å². The predicted octanol–water partition coefficient (Wildman–Crippen LogP) is 4.21. The average Bonchev–Trinajstić information content (AvgIpc) is 3.32. The molecule has 4 nitrogen and oxygen atoms in total. The Morgan fingerprint density at radius 3 is 2.63 bits per heavy atom. The van der Waals surface area contributed by atoms with Crippen LogP contribution in [0.2, 0.25) is 0 Å². The van der Waals surface area contributed by atoms with E-state index >= 15 is 0 Å². The van der Waals surface area contributed by atoms with Crippen molar-refractivity contribution in [1.82, 2.24) is 9.88 Å². The van der Waals surface area contributed by atoms with Crippen molar-refractivity contribution in [3.8, 4) is 10.6 Å². The quantitative estimate of drug-likeness (QED) is 0.657. The lowest BCUT2D eigenvalue weighted by Gasteiger charge is -2.36. The third-order valence-corrected chi connectivity index (χ3v) is 6.54. The highest BCUT2D eigenvalue weighted by Crippen LogP contribution is 2.32. The van der Waals surface area contributed by atoms with Crippen molar-refractivity contribution >= 4 is 34.3 Å². The van der Waals surface area contributed by atoms with Crippen LogP contribution >= 0.6 is 22.7 Å². The van der Waals surface area contributed by atoms with Crippen LogP contribution in [0.15, 0.2) is 41.8 Å². The van der Waals surface area contributed by atoms with Gasteiger partial charge >= 0.3 is 0 Å². The van der Waals surface area contributed by atoms with Gasteiger partial charge in [-0.25, -0.2) is 9.37 Å². The average molecular weight is 402 g/mol. The van der Waals surface area contributed by atoms with Crippen molar-refractivity contribution in [1.29, 1.82) is 0 Å². The first kappa shape index (κ1) is 18.1. The number of hydrogen-bond donors (Lipinski definition) is 0. The Labute approximate surface area is 165 Å². The Morgan fingerprint density at radius 2 is 1.93 bits per heavy atom. The molecule has 1 aliphatic rings. The van der Waals surface area contributed by atoms with E-state index in [-0.39, 0.29) is 11.7 Å². The summed E-state index contributed by atoms with van der Waals surface area (Å²) in [7, 11) is 0. The SMILES string of the molecule is Cc1nc(-c2cccs2)c(CC(=O)N2CCN(c3ccccc3F)CC2)s1. The number of thiophene rings is 1. The van der Waals surface area contributed by atoms with Crippen LogP contribution in [0.3, 0.4) is 0 Å². The molecule has 3 heterocycles. The fourth-order valence-electron chi connectivity index (χ4n) is 3.35. The summed E-state index contributed by atoms with van der Waals surface area (Å²) in [6.45, 7) is 4.49. The highest BCUT2D eigenvalue weighted by Gasteiger charge is 2.24. The fraction of sp³-hybridized carbons (Fsp3) is 0.300. The fourth-order valence-corrected chi connectivity index (χ4v) is 5.10. The first-order chi connectivity index (χ1) is 13.1. The number of carbonyl (C=O) groups excluding carboxylic acids is 1. The number of hydrogen-bond acceptors (Lipinski definition) is 5. The molecule has 1 aliphatic heterocycles. The van der Waals surface area contributed by atoms with Crippen LogP contribution < -0.4 is 4.90 Å². The normalized spacial score (nSPS) is 14.6. The second-order valence-electron chi connectivity index (χ2n) is 6.48. The molecule has 1 saturated heterocycles. The number of aryl methyl sites for hydroxylation is 1. The largest absolute Gasteiger partial charge is 0.366 e. The number of anilines is 1. The Bertz CT molecular complexity index is 931. The molecule has 0 saturated carbocycles. The number of rotatable bonds is 4. The molecule has 1 amide bonds. The topological polar surface area (TPSA) is 36.4 Å². The molecule has 0 atom stereocenters. The lowest BCUT2D eigenvalue weighted by molar-refractivity contribution is -0.130. The highest BCUT2D eigenvalue weighted by molar-refractivity contribution is 7.15. The zero-order valence-electron chi connectivity index (χ0n) is 15.0. The molecule has 2 aromatic heterocycles. The molecule has 1 aromatic carbocycles. The van der Waals surface area contributed by atoms with Gasteiger partial charge in [0.25, 0.3) is 0 Å². The number of aromatic nitrogens is 1. The zero-order valence-corrected chi connectivity index (χ0v) is 16.7. The van der Waals surface area contributed by atoms with E-state index < -0.39 is 0 Å². The number of piperazine rings is 1. The zero-order chi connectivity index (χ0) is 18.8. The number of carbonyl (C=O) groups is 1. The summed E-state index contributed by atoms with van der Waals surface area (Å²) in [6, 6.07) is 10.9. The summed E-state index contributed by atoms with van der Waals surface area (Å²) in [4.78, 5) is 23.5. The van der Waals surface area contributed by atoms with Crippen molar-refractivity contribution < 1.29 is 9.18 Å². The van der Waals surface area contributed by atoms with Crippen molar-refractivity contribution in [2.24, 2.45) is 0 Å². The minimum Gasteiger partial charge on any atom is -0.366 e. The molecule has 0 radical (unpaired) electrons. The number of thiazole rings is 1. The molecular formula is C20H20FN3OS2. The Kier molecular flexibility index (Phi) is 5.22. The summed E-state index contributed by atoms with van der Waals surface area (Å²) in [5.74, 6) is -0.0948. The van der Waals surface area contributed by atoms with Crippen LogP contribution in [-0.4, -0.2) is 42.0 Å². The number of benzene rings is 1. The van der Waals surface area contributed by atoms with Gasteiger partial charge in [0.2, 0.25) is 5.91 Å². The van der Waals surface area contributed by atoms with Gasteiger partial charge in [-0.05, 0) is 30.5 Å². The number of para-hydroxylation sites is 1. The van der Waals surface area contributed by atoms with E-state index in [0.29, 0.717) is 38.3 Å². The maximum atomic E-state index is 14.0. The molecule has 4 rings (SSSR count). The molecule has 0 aliphatic carbocycles. The second-order valence-corrected chi connectivity index (χ2v) is 8.71. The lowest BCUT2D eigenvalue weighted by Crippen LogP contribution is -2.49. The van der Waals surface area contributed by atoms with E-state index in [2.05, 4.69) is 4.98 Å². The van der Waals surface area contributed by atoms with Gasteiger partial charge in [0.15, 0.2) is 0 Å². The van der Waals surface area contributed by atoms with E-state index in [0.717, 1.165) is 20.5 Å². The summed E-state index contributed by atoms with van der Waals surface area (Å²) in [5, 5.41) is 3.00. The monoisotopic (exact) mass is 401 g/mol. The van der Waals surface area contributed by atoms with Gasteiger partial charge in [0.1, 0.15) is 5.82 Å². The summed E-state index contributed by atoms with van der Waals surface area (Å²) < 4.78 is 14.0. The van der Waals surface area contributed by atoms with Gasteiger partial charge in [-0.15, -0.1) is 22.7 Å². The molecule has 0 N–H and O–H groups in total. The van der Waals surface area contributed by atoms with Gasteiger partial charge < -0.3 is 9.80 Å². The molecule has 7 heteroatoms. The van der Waals surface area contributed by atoms with Crippen LogP contribution in [0.1, 0.15) is 9.88 Å². The summed E-state index contributed by atoms with van der Waals surface area (Å²) in [5.41, 5.74) is 1.55. The van der Waals surface area contributed by atoms with Crippen molar-refractivity contribution in [2.45, 2.75) is 13.3 Å². The first-order valence-corrected chi connectivity index (χ1v) is 10.6. The van der Waals surface area contributed by atoms with Crippen LogP contribution in [0.4, 0.5) is 10.1 Å². The third kappa shape index (κ3) is 3.89. The number of nitrogens with zero attached hydrogens (tertiary/aromatic N) is 3. The molecule has 1 fully saturated rings. The van der Waals surface area contributed by atoms with E-state index in [1.165, 1.54) is 6.07 Å². The Hall–Kier alpha value is -2.25. The molecule has 0 spiro atoms. The summed E-state index contributed by atoms with van der Waals surface area (Å²) >= 11 is 3.23. The first-order valence-electron chi connectivity index (χ1n) is 8.89. The van der Waals surface area contributed by atoms with E-state index in [1.54, 1.807) is 34.8 Å². The van der Waals surface area contributed by atoms with Gasteiger partial charge in [0, 0.05) is 31.1 Å². The maximum Gasteiger partial charge on any atom is 0.228 e. The Morgan fingerprint density at radius 1 is 1.15 bits per heavy atom. The molecule has 0 unspecified atom stereocenters. The molecule has 140 valence electrons. The van der Waals surface area contributed by atoms with Crippen molar-refractivity contribution in [2.75, 3.05) is 31.1 Å². The molecule has 0 bridgehead atoms.